The zero-order valence-corrected chi connectivity index (χ0v) is 17.3. The molecule has 3 aromatic rings. The van der Waals surface area contributed by atoms with Gasteiger partial charge in [0.05, 0.1) is 5.69 Å². The van der Waals surface area contributed by atoms with Crippen LogP contribution in [0.25, 0.3) is 17.3 Å². The fraction of sp³-hybridized carbons (Fsp3) is 0.136. The van der Waals surface area contributed by atoms with Crippen molar-refractivity contribution in [3.63, 3.8) is 0 Å². The summed E-state index contributed by atoms with van der Waals surface area (Å²) in [5.41, 5.74) is 2.45. The fourth-order valence-electron chi connectivity index (χ4n) is 2.47. The van der Waals surface area contributed by atoms with E-state index < -0.39 is 0 Å². The van der Waals surface area contributed by atoms with Gasteiger partial charge in [0, 0.05) is 28.5 Å². The summed E-state index contributed by atoms with van der Waals surface area (Å²) in [6.07, 6.45) is 4.17. The van der Waals surface area contributed by atoms with Crippen LogP contribution in [0.5, 0.6) is 5.75 Å². The Labute approximate surface area is 178 Å². The molecule has 7 heteroatoms. The van der Waals surface area contributed by atoms with Gasteiger partial charge in [0.2, 0.25) is 5.91 Å². The second-order valence-electron chi connectivity index (χ2n) is 6.16. The van der Waals surface area contributed by atoms with Crippen molar-refractivity contribution in [1.29, 1.82) is 0 Å². The first-order chi connectivity index (χ1) is 14.0. The van der Waals surface area contributed by atoms with E-state index in [2.05, 4.69) is 10.3 Å². The number of hydrogen-bond acceptors (Lipinski definition) is 5. The Morgan fingerprint density at radius 3 is 2.76 bits per heavy atom. The fourth-order valence-corrected chi connectivity index (χ4v) is 3.32. The quantitative estimate of drug-likeness (QED) is 0.293. The number of nitrogens with zero attached hydrogens (tertiary/aromatic N) is 1. The molecule has 29 heavy (non-hydrogen) atoms. The van der Waals surface area contributed by atoms with E-state index >= 15 is 0 Å². The third-order valence-electron chi connectivity index (χ3n) is 3.85. The first-order valence-electron chi connectivity index (χ1n) is 9.05. The number of anilines is 1. The van der Waals surface area contributed by atoms with Crippen LogP contribution in [0.15, 0.2) is 60.0 Å². The van der Waals surface area contributed by atoms with Gasteiger partial charge in [0.15, 0.2) is 5.13 Å². The lowest BCUT2D eigenvalue weighted by Crippen LogP contribution is -2.07. The molecule has 0 bridgehead atoms. The third-order valence-corrected chi connectivity index (χ3v) is 4.86. The van der Waals surface area contributed by atoms with Crippen molar-refractivity contribution >= 4 is 46.0 Å². The number of carbonyl (C=O) groups excluding carboxylic acids is 2. The lowest BCUT2D eigenvalue weighted by molar-refractivity contribution is -0.134. The van der Waals surface area contributed by atoms with Crippen molar-refractivity contribution in [2.24, 2.45) is 0 Å². The van der Waals surface area contributed by atoms with Gasteiger partial charge in [0.25, 0.3) is 0 Å². The van der Waals surface area contributed by atoms with E-state index in [0.717, 1.165) is 23.2 Å². The molecule has 0 aliphatic carbocycles. The molecular formula is C22H19ClN2O3S. The zero-order valence-electron chi connectivity index (χ0n) is 15.7. The molecule has 148 valence electrons. The summed E-state index contributed by atoms with van der Waals surface area (Å²) in [5, 5.41) is 5.78. The Bertz CT molecular complexity index is 1030. The van der Waals surface area contributed by atoms with E-state index in [1.807, 2.05) is 30.5 Å². The van der Waals surface area contributed by atoms with Gasteiger partial charge in [-0.15, -0.1) is 11.3 Å². The van der Waals surface area contributed by atoms with Crippen LogP contribution in [-0.2, 0) is 9.59 Å². The standard InChI is InChI=1S/C22H19ClN2O3S/c1-2-4-21(27)28-18-6-3-5-15(13-18)7-12-20(26)25-22-24-19(14-29-22)16-8-10-17(23)11-9-16/h3,5-14H,2,4H2,1H3,(H,24,25,26)/b12-7+. The largest absolute Gasteiger partial charge is 0.427 e. The summed E-state index contributed by atoms with van der Waals surface area (Å²) in [4.78, 5) is 28.2. The number of halogens is 1. The van der Waals surface area contributed by atoms with E-state index in [1.54, 1.807) is 36.4 Å². The molecule has 0 aliphatic heterocycles. The highest BCUT2D eigenvalue weighted by atomic mass is 35.5. The summed E-state index contributed by atoms with van der Waals surface area (Å²) in [6, 6.07) is 14.4. The summed E-state index contributed by atoms with van der Waals surface area (Å²) in [6.45, 7) is 1.92. The average molecular weight is 427 g/mol. The van der Waals surface area contributed by atoms with Crippen LogP contribution in [0.3, 0.4) is 0 Å². The number of ether oxygens (including phenoxy) is 1. The predicted molar refractivity (Wildman–Crippen MR) is 117 cm³/mol. The van der Waals surface area contributed by atoms with Gasteiger partial charge in [-0.25, -0.2) is 4.98 Å². The Morgan fingerprint density at radius 2 is 2.00 bits per heavy atom. The van der Waals surface area contributed by atoms with E-state index in [0.29, 0.717) is 22.3 Å². The van der Waals surface area contributed by atoms with Gasteiger partial charge in [0.1, 0.15) is 5.75 Å². The first kappa shape index (κ1) is 20.8. The van der Waals surface area contributed by atoms with Gasteiger partial charge in [-0.3, -0.25) is 14.9 Å². The molecule has 0 saturated carbocycles. The second kappa shape index (κ2) is 10.0. The molecule has 0 saturated heterocycles. The topological polar surface area (TPSA) is 68.3 Å². The highest BCUT2D eigenvalue weighted by Gasteiger charge is 2.07. The molecule has 0 radical (unpaired) electrons. The normalized spacial score (nSPS) is 10.8. The van der Waals surface area contributed by atoms with Gasteiger partial charge >= 0.3 is 5.97 Å². The molecule has 1 aromatic heterocycles. The second-order valence-corrected chi connectivity index (χ2v) is 7.46. The van der Waals surface area contributed by atoms with Gasteiger partial charge in [-0.05, 0) is 42.3 Å². The molecular weight excluding hydrogens is 408 g/mol. The van der Waals surface area contributed by atoms with Crippen molar-refractivity contribution in [3.05, 3.63) is 70.6 Å². The van der Waals surface area contributed by atoms with Crippen LogP contribution in [0, 0.1) is 0 Å². The maximum Gasteiger partial charge on any atom is 0.311 e. The Hall–Kier alpha value is -2.96. The van der Waals surface area contributed by atoms with Crippen LogP contribution in [0.1, 0.15) is 25.3 Å². The number of esters is 1. The molecule has 0 atom stereocenters. The van der Waals surface area contributed by atoms with Crippen LogP contribution in [-0.4, -0.2) is 16.9 Å². The maximum atomic E-state index is 12.2. The van der Waals surface area contributed by atoms with Crippen LogP contribution >= 0.6 is 22.9 Å². The lowest BCUT2D eigenvalue weighted by atomic mass is 10.2. The summed E-state index contributed by atoms with van der Waals surface area (Å²) < 4.78 is 5.26. The molecule has 1 amide bonds. The zero-order chi connectivity index (χ0) is 20.6. The summed E-state index contributed by atoms with van der Waals surface area (Å²) >= 11 is 7.25. The number of benzene rings is 2. The van der Waals surface area contributed by atoms with Crippen LogP contribution in [0.4, 0.5) is 5.13 Å². The number of rotatable bonds is 7. The Kier molecular flexibility index (Phi) is 7.16. The maximum absolute atomic E-state index is 12.2. The summed E-state index contributed by atoms with van der Waals surface area (Å²) in [7, 11) is 0. The highest BCUT2D eigenvalue weighted by Crippen LogP contribution is 2.26. The minimum atomic E-state index is -0.296. The number of hydrogen-bond donors (Lipinski definition) is 1. The number of amides is 1. The molecule has 0 aliphatic rings. The van der Waals surface area contributed by atoms with E-state index in [-0.39, 0.29) is 11.9 Å². The molecule has 3 rings (SSSR count). The van der Waals surface area contributed by atoms with Crippen molar-refractivity contribution in [2.45, 2.75) is 19.8 Å². The summed E-state index contributed by atoms with van der Waals surface area (Å²) in [5.74, 6) is -0.111. The molecule has 5 nitrogen and oxygen atoms in total. The van der Waals surface area contributed by atoms with Gasteiger partial charge in [-0.2, -0.15) is 0 Å². The highest BCUT2D eigenvalue weighted by molar-refractivity contribution is 7.14. The average Bonchev–Trinajstić information content (AvgIpc) is 3.16. The Morgan fingerprint density at radius 1 is 1.21 bits per heavy atom. The number of nitrogens with one attached hydrogen (secondary N) is 1. The third kappa shape index (κ3) is 6.27. The van der Waals surface area contributed by atoms with Crippen molar-refractivity contribution in [1.82, 2.24) is 4.98 Å². The SMILES string of the molecule is CCCC(=O)Oc1cccc(/C=C/C(=O)Nc2nc(-c3ccc(Cl)cc3)cs2)c1. The number of carbonyl (C=O) groups is 2. The van der Waals surface area contributed by atoms with Gasteiger partial charge in [-0.1, -0.05) is 42.8 Å². The first-order valence-corrected chi connectivity index (χ1v) is 10.3. The van der Waals surface area contributed by atoms with Gasteiger partial charge < -0.3 is 4.74 Å². The van der Waals surface area contributed by atoms with E-state index in [1.165, 1.54) is 17.4 Å². The van der Waals surface area contributed by atoms with Crippen molar-refractivity contribution in [2.75, 3.05) is 5.32 Å². The molecule has 1 N–H and O–H groups in total. The molecule has 0 spiro atoms. The van der Waals surface area contributed by atoms with Crippen LogP contribution in [0.2, 0.25) is 5.02 Å². The minimum absolute atomic E-state index is 0.272. The van der Waals surface area contributed by atoms with Crippen molar-refractivity contribution < 1.29 is 14.3 Å². The van der Waals surface area contributed by atoms with Crippen LogP contribution < -0.4 is 10.1 Å². The smallest absolute Gasteiger partial charge is 0.311 e. The number of thiazole rings is 1. The Balaban J connectivity index is 1.60. The molecule has 2 aromatic carbocycles. The minimum Gasteiger partial charge on any atom is -0.427 e. The molecule has 1 heterocycles. The molecule has 0 unspecified atom stereocenters. The lowest BCUT2D eigenvalue weighted by Gasteiger charge is -2.04. The van der Waals surface area contributed by atoms with Crippen molar-refractivity contribution in [3.8, 4) is 17.0 Å². The van der Waals surface area contributed by atoms with E-state index in [9.17, 15) is 9.59 Å². The monoisotopic (exact) mass is 426 g/mol. The predicted octanol–water partition coefficient (Wildman–Crippen LogP) is 5.82. The molecule has 0 fully saturated rings. The van der Waals surface area contributed by atoms with E-state index in [4.69, 9.17) is 16.3 Å². The number of aromatic nitrogens is 1.